The first kappa shape index (κ1) is 19.9. The highest BCUT2D eigenvalue weighted by Crippen LogP contribution is 2.27. The fourth-order valence-electron chi connectivity index (χ4n) is 3.20. The molecular weight excluding hydrogens is 364 g/mol. The van der Waals surface area contributed by atoms with E-state index in [1.54, 1.807) is 0 Å². The molecule has 0 saturated carbocycles. The van der Waals surface area contributed by atoms with Crippen molar-refractivity contribution in [2.45, 2.75) is 19.3 Å². The van der Waals surface area contributed by atoms with Crippen LogP contribution in [0.1, 0.15) is 30.4 Å². The molecule has 0 aliphatic heterocycles. The summed E-state index contributed by atoms with van der Waals surface area (Å²) in [5.41, 5.74) is 3.59. The van der Waals surface area contributed by atoms with Gasteiger partial charge in [0.2, 0.25) is 0 Å². The minimum atomic E-state index is 0.336. The first-order valence-electron chi connectivity index (χ1n) is 9.64. The fraction of sp³-hybridized carbons (Fsp3) is 0.208. The summed E-state index contributed by atoms with van der Waals surface area (Å²) in [7, 11) is 0. The van der Waals surface area contributed by atoms with Crippen LogP contribution in [-0.2, 0) is 0 Å². The minimum absolute atomic E-state index is 0.336. The Morgan fingerprint density at radius 2 is 1.43 bits per heavy atom. The lowest BCUT2D eigenvalue weighted by Crippen LogP contribution is -2.30. The molecule has 0 aromatic heterocycles. The van der Waals surface area contributed by atoms with Crippen molar-refractivity contribution in [1.82, 2.24) is 5.32 Å². The monoisotopic (exact) mass is 390 g/mol. The molecule has 0 aliphatic carbocycles. The second-order valence-electron chi connectivity index (χ2n) is 6.50. The predicted molar refractivity (Wildman–Crippen MR) is 121 cm³/mol. The van der Waals surface area contributed by atoms with Crippen LogP contribution >= 0.6 is 12.2 Å². The van der Waals surface area contributed by atoms with Gasteiger partial charge in [-0.3, -0.25) is 0 Å². The van der Waals surface area contributed by atoms with E-state index >= 15 is 0 Å². The summed E-state index contributed by atoms with van der Waals surface area (Å²) in [6.07, 6.45) is 0.957. The maximum Gasteiger partial charge on any atom is 0.170 e. The fourth-order valence-corrected chi connectivity index (χ4v) is 3.42. The van der Waals surface area contributed by atoms with E-state index in [2.05, 4.69) is 71.3 Å². The molecule has 144 valence electrons. The number of rotatable bonds is 8. The average molecular weight is 391 g/mol. The summed E-state index contributed by atoms with van der Waals surface area (Å²) in [6.45, 7) is 3.43. The van der Waals surface area contributed by atoms with Gasteiger partial charge < -0.3 is 15.4 Å². The molecule has 0 radical (unpaired) electrons. The van der Waals surface area contributed by atoms with Crippen LogP contribution in [0, 0.1) is 0 Å². The van der Waals surface area contributed by atoms with Crippen molar-refractivity contribution in [2.24, 2.45) is 0 Å². The molecule has 0 aliphatic rings. The summed E-state index contributed by atoms with van der Waals surface area (Å²) in [5, 5.41) is 7.19. The Morgan fingerprint density at radius 1 is 0.857 bits per heavy atom. The van der Waals surface area contributed by atoms with Crippen molar-refractivity contribution in [3.8, 4) is 5.75 Å². The Kier molecular flexibility index (Phi) is 7.44. The lowest BCUT2D eigenvalue weighted by Gasteiger charge is -2.19. The van der Waals surface area contributed by atoms with E-state index in [9.17, 15) is 0 Å². The van der Waals surface area contributed by atoms with Gasteiger partial charge in [-0.05, 0) is 61.0 Å². The molecule has 0 amide bonds. The van der Waals surface area contributed by atoms with E-state index in [0.717, 1.165) is 24.4 Å². The van der Waals surface area contributed by atoms with Gasteiger partial charge in [0.1, 0.15) is 5.75 Å². The van der Waals surface area contributed by atoms with E-state index in [-0.39, 0.29) is 0 Å². The van der Waals surface area contributed by atoms with Gasteiger partial charge >= 0.3 is 0 Å². The van der Waals surface area contributed by atoms with Gasteiger partial charge in [-0.25, -0.2) is 0 Å². The average Bonchev–Trinajstić information content (AvgIpc) is 2.74. The summed E-state index contributed by atoms with van der Waals surface area (Å²) < 4.78 is 5.46. The second-order valence-corrected chi connectivity index (χ2v) is 6.91. The van der Waals surface area contributed by atoms with E-state index in [0.29, 0.717) is 17.6 Å². The smallest absolute Gasteiger partial charge is 0.170 e. The van der Waals surface area contributed by atoms with E-state index in [4.69, 9.17) is 17.0 Å². The molecule has 0 fully saturated rings. The molecule has 3 nitrogen and oxygen atoms in total. The lowest BCUT2D eigenvalue weighted by atomic mass is 9.88. The third-order valence-corrected chi connectivity index (χ3v) is 4.79. The van der Waals surface area contributed by atoms with Gasteiger partial charge in [-0.2, -0.15) is 0 Å². The molecule has 0 bridgehead atoms. The van der Waals surface area contributed by atoms with Crippen LogP contribution < -0.4 is 15.4 Å². The second kappa shape index (κ2) is 10.5. The zero-order valence-corrected chi connectivity index (χ0v) is 16.9. The van der Waals surface area contributed by atoms with Crippen LogP contribution in [0.2, 0.25) is 0 Å². The zero-order valence-electron chi connectivity index (χ0n) is 16.1. The van der Waals surface area contributed by atoms with Crippen LogP contribution in [0.3, 0.4) is 0 Å². The topological polar surface area (TPSA) is 33.3 Å². The van der Waals surface area contributed by atoms with Gasteiger partial charge in [0.05, 0.1) is 6.61 Å². The Morgan fingerprint density at radius 3 is 1.96 bits per heavy atom. The van der Waals surface area contributed by atoms with Crippen molar-refractivity contribution in [3.63, 3.8) is 0 Å². The maximum atomic E-state index is 5.46. The molecule has 0 spiro atoms. The van der Waals surface area contributed by atoms with Gasteiger partial charge in [-0.1, -0.05) is 60.7 Å². The van der Waals surface area contributed by atoms with Crippen LogP contribution in [-0.4, -0.2) is 18.3 Å². The molecular formula is C24H26N2OS. The van der Waals surface area contributed by atoms with Crippen LogP contribution in [0.15, 0.2) is 84.9 Å². The molecule has 3 rings (SSSR count). The molecule has 0 saturated heterocycles. The number of hydrogen-bond donors (Lipinski definition) is 2. The number of benzene rings is 3. The third-order valence-electron chi connectivity index (χ3n) is 4.55. The standard InChI is InChI=1S/C24H26N2OS/c1-2-27-22-15-13-21(14-16-22)26-24(28)25-18-17-23(19-9-5-3-6-10-19)20-11-7-4-8-12-20/h3-16,23H,2,17-18H2,1H3,(H2,25,26,28). The van der Waals surface area contributed by atoms with E-state index in [1.807, 2.05) is 31.2 Å². The molecule has 28 heavy (non-hydrogen) atoms. The molecule has 0 unspecified atom stereocenters. The van der Waals surface area contributed by atoms with Crippen LogP contribution in [0.25, 0.3) is 0 Å². The summed E-state index contributed by atoms with van der Waals surface area (Å²) >= 11 is 5.45. The first-order chi connectivity index (χ1) is 13.8. The van der Waals surface area contributed by atoms with Crippen molar-refractivity contribution >= 4 is 23.0 Å². The highest BCUT2D eigenvalue weighted by Gasteiger charge is 2.13. The molecule has 4 heteroatoms. The number of nitrogens with one attached hydrogen (secondary N) is 2. The molecule has 0 atom stereocenters. The molecule has 2 N–H and O–H groups in total. The lowest BCUT2D eigenvalue weighted by molar-refractivity contribution is 0.340. The van der Waals surface area contributed by atoms with Gasteiger partial charge in [0.15, 0.2) is 5.11 Å². The number of thiocarbonyl (C=S) groups is 1. The Bertz CT molecular complexity index is 811. The van der Waals surface area contributed by atoms with Gasteiger partial charge in [-0.15, -0.1) is 0 Å². The third kappa shape index (κ3) is 5.83. The van der Waals surface area contributed by atoms with Crippen LogP contribution in [0.4, 0.5) is 5.69 Å². The predicted octanol–water partition coefficient (Wildman–Crippen LogP) is 5.59. The largest absolute Gasteiger partial charge is 0.494 e. The highest BCUT2D eigenvalue weighted by atomic mass is 32.1. The first-order valence-corrected chi connectivity index (χ1v) is 10.0. The van der Waals surface area contributed by atoms with Crippen molar-refractivity contribution < 1.29 is 4.74 Å². The zero-order chi connectivity index (χ0) is 19.6. The molecule has 3 aromatic carbocycles. The molecule has 0 heterocycles. The Labute approximate surface area is 172 Å². The summed E-state index contributed by atoms with van der Waals surface area (Å²) in [4.78, 5) is 0. The number of ether oxygens (including phenoxy) is 1. The number of hydrogen-bond acceptors (Lipinski definition) is 2. The Balaban J connectivity index is 1.56. The summed E-state index contributed by atoms with van der Waals surface area (Å²) in [5.74, 6) is 1.20. The normalized spacial score (nSPS) is 10.5. The van der Waals surface area contributed by atoms with E-state index in [1.165, 1.54) is 11.1 Å². The van der Waals surface area contributed by atoms with E-state index < -0.39 is 0 Å². The minimum Gasteiger partial charge on any atom is -0.494 e. The quantitative estimate of drug-likeness (QED) is 0.491. The van der Waals surface area contributed by atoms with Crippen molar-refractivity contribution in [3.05, 3.63) is 96.1 Å². The molecule has 3 aromatic rings. The SMILES string of the molecule is CCOc1ccc(NC(=S)NCCC(c2ccccc2)c2ccccc2)cc1. The van der Waals surface area contributed by atoms with Gasteiger partial charge in [0, 0.05) is 18.2 Å². The van der Waals surface area contributed by atoms with Crippen molar-refractivity contribution in [2.75, 3.05) is 18.5 Å². The van der Waals surface area contributed by atoms with Crippen molar-refractivity contribution in [1.29, 1.82) is 0 Å². The van der Waals surface area contributed by atoms with Crippen LogP contribution in [0.5, 0.6) is 5.75 Å². The summed E-state index contributed by atoms with van der Waals surface area (Å²) in [6, 6.07) is 29.1. The highest BCUT2D eigenvalue weighted by molar-refractivity contribution is 7.80. The maximum absolute atomic E-state index is 5.46. The van der Waals surface area contributed by atoms with Gasteiger partial charge in [0.25, 0.3) is 0 Å². The number of anilines is 1. The Hall–Kier alpha value is -2.85.